The molecule has 0 saturated carbocycles. The van der Waals surface area contributed by atoms with Crippen molar-refractivity contribution in [2.75, 3.05) is 13.7 Å². The van der Waals surface area contributed by atoms with Gasteiger partial charge in [0.1, 0.15) is 12.2 Å². The van der Waals surface area contributed by atoms with Crippen LogP contribution < -0.4 is 0 Å². The van der Waals surface area contributed by atoms with Crippen molar-refractivity contribution in [2.45, 2.75) is 44.6 Å². The first kappa shape index (κ1) is 13.5. The van der Waals surface area contributed by atoms with Crippen molar-refractivity contribution in [3.8, 4) is 0 Å². The normalized spacial score (nSPS) is 35.8. The van der Waals surface area contributed by atoms with Crippen molar-refractivity contribution in [3.63, 3.8) is 0 Å². The van der Waals surface area contributed by atoms with Crippen LogP contribution in [-0.4, -0.2) is 60.4 Å². The molecule has 1 aliphatic rings. The quantitative estimate of drug-likeness (QED) is 0.654. The molecule has 6 nitrogen and oxygen atoms in total. The molecule has 94 valence electrons. The fourth-order valence-corrected chi connectivity index (χ4v) is 1.57. The van der Waals surface area contributed by atoms with E-state index in [2.05, 4.69) is 0 Å². The molecule has 4 unspecified atom stereocenters. The molecular weight excluding hydrogens is 216 g/mol. The standard InChI is InChI=1S/C10H18O6/c1-5(2)15-9-6(4-11)16-10(14-3)8(13)7(9)12/h5-6,8-11,13H,4H2,1-3H3. The van der Waals surface area contributed by atoms with Crippen LogP contribution in [0.3, 0.4) is 0 Å². The van der Waals surface area contributed by atoms with Crippen LogP contribution in [0.5, 0.6) is 0 Å². The maximum Gasteiger partial charge on any atom is 0.197 e. The van der Waals surface area contributed by atoms with Crippen LogP contribution in [0.4, 0.5) is 0 Å². The Bertz CT molecular complexity index is 241. The van der Waals surface area contributed by atoms with Gasteiger partial charge in [-0.05, 0) is 13.8 Å². The van der Waals surface area contributed by atoms with Gasteiger partial charge in [-0.15, -0.1) is 0 Å². The van der Waals surface area contributed by atoms with E-state index < -0.39 is 30.4 Å². The average Bonchev–Trinajstić information content (AvgIpc) is 2.25. The average molecular weight is 234 g/mol. The number of aliphatic hydroxyl groups excluding tert-OH is 2. The SMILES string of the molecule is COC1OC(CO)C(OC(C)C)C(=O)C1O. The minimum absolute atomic E-state index is 0.196. The number of carbonyl (C=O) groups is 1. The van der Waals surface area contributed by atoms with Gasteiger partial charge in [0, 0.05) is 7.11 Å². The molecule has 0 spiro atoms. The van der Waals surface area contributed by atoms with E-state index in [1.165, 1.54) is 7.11 Å². The Balaban J connectivity index is 2.78. The predicted molar refractivity (Wildman–Crippen MR) is 53.8 cm³/mol. The van der Waals surface area contributed by atoms with Gasteiger partial charge in [0.25, 0.3) is 0 Å². The second kappa shape index (κ2) is 5.70. The topological polar surface area (TPSA) is 85.2 Å². The van der Waals surface area contributed by atoms with Gasteiger partial charge in [-0.2, -0.15) is 0 Å². The van der Waals surface area contributed by atoms with Crippen molar-refractivity contribution in [3.05, 3.63) is 0 Å². The Kier molecular flexibility index (Phi) is 4.82. The first-order chi connectivity index (χ1) is 7.51. The number of aliphatic hydroxyl groups is 2. The number of rotatable bonds is 4. The Morgan fingerprint density at radius 2 is 2.12 bits per heavy atom. The molecule has 1 heterocycles. The van der Waals surface area contributed by atoms with E-state index in [1.54, 1.807) is 13.8 Å². The number of methoxy groups -OCH3 is 1. The molecule has 6 heteroatoms. The second-order valence-electron chi connectivity index (χ2n) is 3.91. The van der Waals surface area contributed by atoms with Crippen molar-refractivity contribution >= 4 is 5.78 Å². The molecule has 16 heavy (non-hydrogen) atoms. The number of carbonyl (C=O) groups excluding carboxylic acids is 1. The Hall–Kier alpha value is -0.530. The lowest BCUT2D eigenvalue weighted by Crippen LogP contribution is -2.57. The van der Waals surface area contributed by atoms with Crippen molar-refractivity contribution in [1.82, 2.24) is 0 Å². The highest BCUT2D eigenvalue weighted by molar-refractivity contribution is 5.88. The van der Waals surface area contributed by atoms with Gasteiger partial charge >= 0.3 is 0 Å². The minimum Gasteiger partial charge on any atom is -0.394 e. The lowest BCUT2D eigenvalue weighted by atomic mass is 10.0. The molecule has 1 aliphatic heterocycles. The molecule has 1 saturated heterocycles. The van der Waals surface area contributed by atoms with Crippen LogP contribution in [0.15, 0.2) is 0 Å². The molecule has 0 radical (unpaired) electrons. The summed E-state index contributed by atoms with van der Waals surface area (Å²) in [4.78, 5) is 11.8. The van der Waals surface area contributed by atoms with Gasteiger partial charge in [0.05, 0.1) is 12.7 Å². The summed E-state index contributed by atoms with van der Waals surface area (Å²) in [6, 6.07) is 0. The van der Waals surface area contributed by atoms with Crippen LogP contribution >= 0.6 is 0 Å². The summed E-state index contributed by atoms with van der Waals surface area (Å²) in [7, 11) is 1.32. The van der Waals surface area contributed by atoms with Gasteiger partial charge in [-0.3, -0.25) is 4.79 Å². The molecule has 0 aromatic rings. The molecule has 0 aliphatic carbocycles. The van der Waals surface area contributed by atoms with E-state index in [0.717, 1.165) is 0 Å². The third kappa shape index (κ3) is 2.78. The number of ether oxygens (including phenoxy) is 3. The summed E-state index contributed by atoms with van der Waals surface area (Å²) >= 11 is 0. The summed E-state index contributed by atoms with van der Waals surface area (Å²) in [5.74, 6) is -0.522. The maximum absolute atomic E-state index is 11.8. The summed E-state index contributed by atoms with van der Waals surface area (Å²) in [5.41, 5.74) is 0. The highest BCUT2D eigenvalue weighted by atomic mass is 16.7. The van der Waals surface area contributed by atoms with E-state index in [9.17, 15) is 9.90 Å². The molecule has 1 rings (SSSR count). The predicted octanol–water partition coefficient (Wildman–Crippen LogP) is -0.926. The molecular formula is C10H18O6. The largest absolute Gasteiger partial charge is 0.394 e. The molecule has 2 N–H and O–H groups in total. The number of ketones is 1. The first-order valence-corrected chi connectivity index (χ1v) is 5.17. The van der Waals surface area contributed by atoms with Crippen molar-refractivity contribution in [1.29, 1.82) is 0 Å². The van der Waals surface area contributed by atoms with Gasteiger partial charge < -0.3 is 24.4 Å². The van der Waals surface area contributed by atoms with Gasteiger partial charge in [-0.1, -0.05) is 0 Å². The monoisotopic (exact) mass is 234 g/mol. The lowest BCUT2D eigenvalue weighted by molar-refractivity contribution is -0.256. The van der Waals surface area contributed by atoms with Crippen LogP contribution in [-0.2, 0) is 19.0 Å². The van der Waals surface area contributed by atoms with Gasteiger partial charge in [-0.25, -0.2) is 0 Å². The Morgan fingerprint density at radius 3 is 2.56 bits per heavy atom. The van der Waals surface area contributed by atoms with Crippen molar-refractivity contribution in [2.24, 2.45) is 0 Å². The smallest absolute Gasteiger partial charge is 0.197 e. The molecule has 1 fully saturated rings. The fourth-order valence-electron chi connectivity index (χ4n) is 1.57. The molecule has 0 aromatic heterocycles. The van der Waals surface area contributed by atoms with E-state index in [4.69, 9.17) is 19.3 Å². The van der Waals surface area contributed by atoms with Gasteiger partial charge in [0.15, 0.2) is 18.2 Å². The molecule has 0 bridgehead atoms. The third-order valence-electron chi connectivity index (χ3n) is 2.31. The Morgan fingerprint density at radius 1 is 1.50 bits per heavy atom. The third-order valence-corrected chi connectivity index (χ3v) is 2.31. The van der Waals surface area contributed by atoms with Crippen LogP contribution in [0.1, 0.15) is 13.8 Å². The highest BCUT2D eigenvalue weighted by Crippen LogP contribution is 2.21. The van der Waals surface area contributed by atoms with E-state index in [-0.39, 0.29) is 12.7 Å². The first-order valence-electron chi connectivity index (χ1n) is 5.17. The lowest BCUT2D eigenvalue weighted by Gasteiger charge is -2.37. The molecule has 0 amide bonds. The zero-order valence-electron chi connectivity index (χ0n) is 9.62. The van der Waals surface area contributed by atoms with E-state index in [0.29, 0.717) is 0 Å². The number of Topliss-reactive ketones (excluding diaryl/α,β-unsaturated/α-hetero) is 1. The summed E-state index contributed by atoms with van der Waals surface area (Å²) in [6.07, 6.45) is -4.37. The van der Waals surface area contributed by atoms with E-state index in [1.807, 2.05) is 0 Å². The summed E-state index contributed by atoms with van der Waals surface area (Å²) < 4.78 is 15.3. The van der Waals surface area contributed by atoms with Crippen LogP contribution in [0.2, 0.25) is 0 Å². The molecule has 0 aromatic carbocycles. The maximum atomic E-state index is 11.8. The van der Waals surface area contributed by atoms with Crippen LogP contribution in [0.25, 0.3) is 0 Å². The summed E-state index contributed by atoms with van der Waals surface area (Å²) in [5, 5.41) is 18.7. The van der Waals surface area contributed by atoms with E-state index >= 15 is 0 Å². The zero-order valence-corrected chi connectivity index (χ0v) is 9.62. The van der Waals surface area contributed by atoms with Crippen molar-refractivity contribution < 1.29 is 29.2 Å². The zero-order chi connectivity index (χ0) is 12.3. The fraction of sp³-hybridized carbons (Fsp3) is 0.900. The van der Waals surface area contributed by atoms with Gasteiger partial charge in [0.2, 0.25) is 0 Å². The number of hydrogen-bond acceptors (Lipinski definition) is 6. The second-order valence-corrected chi connectivity index (χ2v) is 3.91. The van der Waals surface area contributed by atoms with Crippen LogP contribution in [0, 0.1) is 0 Å². The minimum atomic E-state index is -1.38. The highest BCUT2D eigenvalue weighted by Gasteiger charge is 2.45. The number of hydrogen-bond donors (Lipinski definition) is 2. The Labute approximate surface area is 94.1 Å². The summed E-state index contributed by atoms with van der Waals surface area (Å²) in [6.45, 7) is 3.16. The molecule has 4 atom stereocenters.